The maximum absolute atomic E-state index is 6.41. The topological polar surface area (TPSA) is 26.0 Å². The molecule has 0 bridgehead atoms. The van der Waals surface area contributed by atoms with E-state index in [1.165, 1.54) is 40.4 Å². The predicted octanol–water partition coefficient (Wildman–Crippen LogP) is 4.94. The predicted molar refractivity (Wildman–Crippen MR) is 85.0 cm³/mol. The lowest BCUT2D eigenvalue weighted by molar-refractivity contribution is 0.687. The van der Waals surface area contributed by atoms with Gasteiger partial charge in [-0.2, -0.15) is 0 Å². The summed E-state index contributed by atoms with van der Waals surface area (Å²) in [5.74, 6) is 0. The number of allylic oxidation sites excluding steroid dienone is 1. The van der Waals surface area contributed by atoms with Gasteiger partial charge in [0.2, 0.25) is 0 Å². The summed E-state index contributed by atoms with van der Waals surface area (Å²) in [4.78, 5) is 0. The average molecular weight is 406 g/mol. The van der Waals surface area contributed by atoms with Gasteiger partial charge in [0.05, 0.1) is 6.04 Å². The van der Waals surface area contributed by atoms with E-state index in [1.54, 1.807) is 0 Å². The zero-order valence-electron chi connectivity index (χ0n) is 9.76. The second-order valence-electron chi connectivity index (χ2n) is 4.52. The van der Waals surface area contributed by atoms with Crippen molar-refractivity contribution in [2.45, 2.75) is 38.1 Å². The fourth-order valence-corrected chi connectivity index (χ4v) is 3.28. The fraction of sp³-hybridized carbons (Fsp3) is 0.429. The highest BCUT2D eigenvalue weighted by Crippen LogP contribution is 2.32. The van der Waals surface area contributed by atoms with Crippen molar-refractivity contribution >= 4 is 38.5 Å². The van der Waals surface area contributed by atoms with Gasteiger partial charge in [-0.15, -0.1) is 0 Å². The van der Waals surface area contributed by atoms with E-state index in [0.29, 0.717) is 0 Å². The molecule has 17 heavy (non-hydrogen) atoms. The van der Waals surface area contributed by atoms with Crippen LogP contribution < -0.4 is 5.73 Å². The molecule has 0 heterocycles. The molecule has 1 nitrogen and oxygen atoms in total. The van der Waals surface area contributed by atoms with Crippen LogP contribution in [0.3, 0.4) is 0 Å². The van der Waals surface area contributed by atoms with Crippen LogP contribution in [0.4, 0.5) is 0 Å². The number of halogens is 2. The Kier molecular flexibility index (Phi) is 5.06. The molecule has 0 aromatic heterocycles. The highest BCUT2D eigenvalue weighted by molar-refractivity contribution is 14.1. The summed E-state index contributed by atoms with van der Waals surface area (Å²) in [6.45, 7) is 0. The molecule has 1 atom stereocenters. The van der Waals surface area contributed by atoms with E-state index >= 15 is 0 Å². The Balaban J connectivity index is 2.26. The molecule has 1 aromatic rings. The van der Waals surface area contributed by atoms with Crippen molar-refractivity contribution in [3.8, 4) is 0 Å². The van der Waals surface area contributed by atoms with Gasteiger partial charge in [-0.3, -0.25) is 0 Å². The minimum absolute atomic E-state index is 0.0530. The molecule has 0 saturated carbocycles. The summed E-state index contributed by atoms with van der Waals surface area (Å²) >= 11 is 5.94. The van der Waals surface area contributed by atoms with E-state index in [2.05, 4.69) is 62.8 Å². The van der Waals surface area contributed by atoms with Crippen molar-refractivity contribution < 1.29 is 0 Å². The molecule has 0 aliphatic heterocycles. The first-order valence-corrected chi connectivity index (χ1v) is 7.95. The van der Waals surface area contributed by atoms with E-state index < -0.39 is 0 Å². The van der Waals surface area contributed by atoms with E-state index in [-0.39, 0.29) is 6.04 Å². The summed E-state index contributed by atoms with van der Waals surface area (Å²) in [5.41, 5.74) is 9.03. The van der Waals surface area contributed by atoms with Crippen LogP contribution in [0.25, 0.3) is 0 Å². The van der Waals surface area contributed by atoms with Gasteiger partial charge >= 0.3 is 0 Å². The number of nitrogens with two attached hydrogens (primary N) is 1. The zero-order valence-corrected chi connectivity index (χ0v) is 13.5. The molecule has 0 saturated heterocycles. The average Bonchev–Trinajstić information content (AvgIpc) is 2.60. The third-order valence-corrected chi connectivity index (χ3v) is 4.66. The molecular weight excluding hydrogens is 389 g/mol. The summed E-state index contributed by atoms with van der Waals surface area (Å²) in [6.07, 6.45) is 8.61. The third-order valence-electron chi connectivity index (χ3n) is 3.27. The molecule has 3 heteroatoms. The van der Waals surface area contributed by atoms with Gasteiger partial charge < -0.3 is 5.73 Å². The van der Waals surface area contributed by atoms with E-state index in [4.69, 9.17) is 5.73 Å². The molecule has 2 N–H and O–H groups in total. The van der Waals surface area contributed by atoms with Crippen molar-refractivity contribution in [2.75, 3.05) is 0 Å². The first kappa shape index (κ1) is 13.6. The van der Waals surface area contributed by atoms with Crippen LogP contribution in [-0.4, -0.2) is 0 Å². The van der Waals surface area contributed by atoms with E-state index in [1.807, 2.05) is 0 Å². The van der Waals surface area contributed by atoms with Crippen LogP contribution in [-0.2, 0) is 0 Å². The van der Waals surface area contributed by atoms with Crippen molar-refractivity contribution in [3.05, 3.63) is 43.5 Å². The number of rotatable bonds is 2. The molecule has 2 rings (SSSR count). The standard InChI is InChI=1S/C14H17BrIN/c15-13-8-7-11(16)9-12(13)14(17)10-5-3-1-2-4-6-10/h5,7-9,14H,1-4,6,17H2. The quantitative estimate of drug-likeness (QED) is 0.547. The van der Waals surface area contributed by atoms with Crippen LogP contribution in [0.5, 0.6) is 0 Å². The third kappa shape index (κ3) is 3.55. The maximum atomic E-state index is 6.41. The lowest BCUT2D eigenvalue weighted by Gasteiger charge is -2.17. The van der Waals surface area contributed by atoms with Crippen LogP contribution in [0.15, 0.2) is 34.3 Å². The van der Waals surface area contributed by atoms with Crippen molar-refractivity contribution in [3.63, 3.8) is 0 Å². The normalized spacial score (nSPS) is 18.4. The molecule has 1 unspecified atom stereocenters. The summed E-state index contributed by atoms with van der Waals surface area (Å²) in [5, 5.41) is 0. The second kappa shape index (κ2) is 6.34. The van der Waals surface area contributed by atoms with Crippen molar-refractivity contribution in [1.29, 1.82) is 0 Å². The molecule has 92 valence electrons. The molecule has 1 aromatic carbocycles. The van der Waals surface area contributed by atoms with Gasteiger partial charge in [-0.05, 0) is 72.0 Å². The summed E-state index contributed by atoms with van der Waals surface area (Å²) < 4.78 is 2.36. The maximum Gasteiger partial charge on any atom is 0.0522 e. The largest absolute Gasteiger partial charge is 0.321 e. The first-order valence-electron chi connectivity index (χ1n) is 6.08. The van der Waals surface area contributed by atoms with Gasteiger partial charge in [0, 0.05) is 8.04 Å². The van der Waals surface area contributed by atoms with E-state index in [9.17, 15) is 0 Å². The van der Waals surface area contributed by atoms with Gasteiger partial charge in [-0.25, -0.2) is 0 Å². The van der Waals surface area contributed by atoms with E-state index in [0.717, 1.165) is 10.9 Å². The number of hydrogen-bond donors (Lipinski definition) is 1. The number of benzene rings is 1. The van der Waals surface area contributed by atoms with Gasteiger partial charge in [0.25, 0.3) is 0 Å². The highest BCUT2D eigenvalue weighted by Gasteiger charge is 2.16. The Labute approximate surface area is 125 Å². The number of hydrogen-bond acceptors (Lipinski definition) is 1. The molecule has 1 aliphatic carbocycles. The van der Waals surface area contributed by atoms with Crippen molar-refractivity contribution in [2.24, 2.45) is 5.73 Å². The van der Waals surface area contributed by atoms with Gasteiger partial charge in [0.15, 0.2) is 0 Å². The Morgan fingerprint density at radius 3 is 2.88 bits per heavy atom. The zero-order chi connectivity index (χ0) is 12.3. The second-order valence-corrected chi connectivity index (χ2v) is 6.62. The van der Waals surface area contributed by atoms with Gasteiger partial charge in [-0.1, -0.05) is 34.0 Å². The molecular formula is C14H17BrIN. The van der Waals surface area contributed by atoms with Gasteiger partial charge in [0.1, 0.15) is 0 Å². The van der Waals surface area contributed by atoms with Crippen LogP contribution in [0.1, 0.15) is 43.7 Å². The molecule has 0 fully saturated rings. The Morgan fingerprint density at radius 1 is 1.24 bits per heavy atom. The molecule has 0 radical (unpaired) electrons. The lowest BCUT2D eigenvalue weighted by Crippen LogP contribution is -2.14. The summed E-state index contributed by atoms with van der Waals surface area (Å²) in [6, 6.07) is 6.43. The summed E-state index contributed by atoms with van der Waals surface area (Å²) in [7, 11) is 0. The van der Waals surface area contributed by atoms with Crippen molar-refractivity contribution in [1.82, 2.24) is 0 Å². The van der Waals surface area contributed by atoms with Crippen LogP contribution in [0.2, 0.25) is 0 Å². The minimum atomic E-state index is 0.0530. The Hall–Kier alpha value is 0.130. The smallest absolute Gasteiger partial charge is 0.0522 e. The Morgan fingerprint density at radius 2 is 2.06 bits per heavy atom. The van der Waals surface area contributed by atoms with Crippen LogP contribution >= 0.6 is 38.5 Å². The lowest BCUT2D eigenvalue weighted by atomic mass is 9.96. The SMILES string of the molecule is NC(C1=CCCCCC1)c1cc(I)ccc1Br. The highest BCUT2D eigenvalue weighted by atomic mass is 127. The monoisotopic (exact) mass is 405 g/mol. The first-order chi connectivity index (χ1) is 8.18. The molecule has 0 spiro atoms. The Bertz CT molecular complexity index is 428. The molecule has 0 amide bonds. The minimum Gasteiger partial charge on any atom is -0.321 e. The molecule has 1 aliphatic rings. The fourth-order valence-electron chi connectivity index (χ4n) is 2.27. The van der Waals surface area contributed by atoms with Crippen LogP contribution in [0, 0.1) is 3.57 Å².